The number of aromatic nitrogens is 2. The Labute approximate surface area is 99.9 Å². The highest BCUT2D eigenvalue weighted by molar-refractivity contribution is 8.00. The van der Waals surface area contributed by atoms with E-state index in [4.69, 9.17) is 5.26 Å². The highest BCUT2D eigenvalue weighted by Gasteiger charge is 2.05. The van der Waals surface area contributed by atoms with Gasteiger partial charge in [0.15, 0.2) is 4.34 Å². The van der Waals surface area contributed by atoms with E-state index in [1.54, 1.807) is 17.6 Å². The van der Waals surface area contributed by atoms with Crippen molar-refractivity contribution in [3.05, 3.63) is 40.7 Å². The van der Waals surface area contributed by atoms with Gasteiger partial charge < -0.3 is 0 Å². The fraction of sp³-hybridized carbons (Fsp3) is 0.100. The first-order valence-corrected chi connectivity index (χ1v) is 6.23. The Morgan fingerprint density at radius 3 is 3.00 bits per heavy atom. The summed E-state index contributed by atoms with van der Waals surface area (Å²) in [5.74, 6) is 0.142. The van der Waals surface area contributed by atoms with Crippen molar-refractivity contribution in [3.63, 3.8) is 0 Å². The summed E-state index contributed by atoms with van der Waals surface area (Å²) in [6.45, 7) is 0. The zero-order valence-electron chi connectivity index (χ0n) is 8.05. The molecule has 3 nitrogen and oxygen atoms in total. The molecule has 0 saturated carbocycles. The van der Waals surface area contributed by atoms with Crippen LogP contribution in [0, 0.1) is 17.1 Å². The first kappa shape index (κ1) is 11.0. The average molecular weight is 251 g/mol. The Morgan fingerprint density at radius 2 is 2.38 bits per heavy atom. The highest BCUT2D eigenvalue weighted by atomic mass is 32.2. The normalized spacial score (nSPS) is 10.0. The molecule has 0 aliphatic heterocycles. The average Bonchev–Trinajstić information content (AvgIpc) is 2.80. The van der Waals surface area contributed by atoms with E-state index in [9.17, 15) is 4.39 Å². The van der Waals surface area contributed by atoms with Crippen molar-refractivity contribution >= 4 is 23.1 Å². The van der Waals surface area contributed by atoms with Gasteiger partial charge >= 0.3 is 0 Å². The lowest BCUT2D eigenvalue weighted by molar-refractivity contribution is 0.617. The molecule has 80 valence electrons. The summed E-state index contributed by atoms with van der Waals surface area (Å²) in [6, 6.07) is 6.38. The second-order valence-electron chi connectivity index (χ2n) is 2.91. The van der Waals surface area contributed by atoms with E-state index < -0.39 is 0 Å². The van der Waals surface area contributed by atoms with Gasteiger partial charge in [0.1, 0.15) is 11.3 Å². The largest absolute Gasteiger partial charge is 0.207 e. The smallest absolute Gasteiger partial charge is 0.174 e. The van der Waals surface area contributed by atoms with E-state index in [1.165, 1.54) is 29.2 Å². The monoisotopic (exact) mass is 251 g/mol. The summed E-state index contributed by atoms with van der Waals surface area (Å²) in [4.78, 5) is 0. The Morgan fingerprint density at radius 1 is 1.50 bits per heavy atom. The van der Waals surface area contributed by atoms with Crippen LogP contribution in [0.2, 0.25) is 0 Å². The number of hydrogen-bond donors (Lipinski definition) is 0. The molecular weight excluding hydrogens is 245 g/mol. The molecule has 0 aliphatic carbocycles. The van der Waals surface area contributed by atoms with Crippen LogP contribution in [0.5, 0.6) is 0 Å². The van der Waals surface area contributed by atoms with Crippen molar-refractivity contribution < 1.29 is 4.39 Å². The Kier molecular flexibility index (Phi) is 3.49. The van der Waals surface area contributed by atoms with Crippen LogP contribution >= 0.6 is 23.1 Å². The molecule has 0 fully saturated rings. The van der Waals surface area contributed by atoms with Gasteiger partial charge in [-0.2, -0.15) is 5.26 Å². The molecule has 0 saturated heterocycles. The molecule has 0 radical (unpaired) electrons. The van der Waals surface area contributed by atoms with Crippen molar-refractivity contribution in [1.29, 1.82) is 5.26 Å². The van der Waals surface area contributed by atoms with Gasteiger partial charge in [-0.3, -0.25) is 0 Å². The molecule has 1 aromatic heterocycles. The number of hydrogen-bond acceptors (Lipinski definition) is 5. The van der Waals surface area contributed by atoms with Gasteiger partial charge in [0, 0.05) is 5.75 Å². The van der Waals surface area contributed by atoms with Gasteiger partial charge in [-0.15, -0.1) is 10.2 Å². The van der Waals surface area contributed by atoms with Gasteiger partial charge in [0.05, 0.1) is 11.6 Å². The van der Waals surface area contributed by atoms with Gasteiger partial charge in [-0.05, 0) is 17.7 Å². The van der Waals surface area contributed by atoms with Crippen molar-refractivity contribution in [2.45, 2.75) is 10.1 Å². The Hall–Kier alpha value is -1.45. The maximum absolute atomic E-state index is 13.5. The van der Waals surface area contributed by atoms with Crippen molar-refractivity contribution in [1.82, 2.24) is 10.2 Å². The SMILES string of the molecule is N#Cc1ccc(CSc2nncs2)c(F)c1. The molecule has 1 heterocycles. The summed E-state index contributed by atoms with van der Waals surface area (Å²) >= 11 is 2.85. The van der Waals surface area contributed by atoms with Crippen LogP contribution in [0.4, 0.5) is 4.39 Å². The standard InChI is InChI=1S/C10H6FN3S2/c11-9-3-7(4-12)1-2-8(9)5-15-10-14-13-6-16-10/h1-3,6H,5H2. The third-order valence-corrected chi connectivity index (χ3v) is 3.78. The minimum atomic E-state index is -0.351. The van der Waals surface area contributed by atoms with Crippen LogP contribution in [0.15, 0.2) is 28.0 Å². The number of nitrogens with zero attached hydrogens (tertiary/aromatic N) is 3. The van der Waals surface area contributed by atoms with E-state index in [-0.39, 0.29) is 5.82 Å². The number of halogens is 1. The van der Waals surface area contributed by atoms with Crippen molar-refractivity contribution in [3.8, 4) is 6.07 Å². The van der Waals surface area contributed by atoms with Gasteiger partial charge in [0.25, 0.3) is 0 Å². The third-order valence-electron chi connectivity index (χ3n) is 1.87. The van der Waals surface area contributed by atoms with Crippen molar-refractivity contribution in [2.75, 3.05) is 0 Å². The molecule has 2 rings (SSSR count). The van der Waals surface area contributed by atoms with Crippen LogP contribution in [0.3, 0.4) is 0 Å². The number of nitriles is 1. The fourth-order valence-corrected chi connectivity index (χ4v) is 2.57. The maximum atomic E-state index is 13.5. The first-order chi connectivity index (χ1) is 7.79. The molecule has 16 heavy (non-hydrogen) atoms. The van der Waals surface area contributed by atoms with E-state index in [0.29, 0.717) is 16.9 Å². The van der Waals surface area contributed by atoms with Crippen LogP contribution in [0.1, 0.15) is 11.1 Å². The predicted octanol–water partition coefficient (Wildman–Crippen LogP) is 2.84. The molecule has 1 aromatic carbocycles. The molecule has 0 bridgehead atoms. The van der Waals surface area contributed by atoms with Gasteiger partial charge in [-0.1, -0.05) is 29.2 Å². The molecule has 0 atom stereocenters. The fourth-order valence-electron chi connectivity index (χ4n) is 1.10. The maximum Gasteiger partial charge on any atom is 0.174 e. The minimum absolute atomic E-state index is 0.335. The van der Waals surface area contributed by atoms with Gasteiger partial charge in [0.2, 0.25) is 0 Å². The Bertz CT molecular complexity index is 519. The van der Waals surface area contributed by atoms with Gasteiger partial charge in [-0.25, -0.2) is 4.39 Å². The third kappa shape index (κ3) is 2.56. The van der Waals surface area contributed by atoms with Crippen LogP contribution in [0.25, 0.3) is 0 Å². The number of benzene rings is 1. The molecule has 0 spiro atoms. The summed E-state index contributed by atoms with van der Waals surface area (Å²) in [6.07, 6.45) is 0. The number of rotatable bonds is 3. The van der Waals surface area contributed by atoms with E-state index in [0.717, 1.165) is 4.34 Å². The van der Waals surface area contributed by atoms with Crippen LogP contribution in [-0.4, -0.2) is 10.2 Å². The predicted molar refractivity (Wildman–Crippen MR) is 60.6 cm³/mol. The lowest BCUT2D eigenvalue weighted by Gasteiger charge is -2.00. The molecule has 0 aliphatic rings. The highest BCUT2D eigenvalue weighted by Crippen LogP contribution is 2.25. The molecule has 0 unspecified atom stereocenters. The zero-order chi connectivity index (χ0) is 11.4. The van der Waals surface area contributed by atoms with E-state index in [2.05, 4.69) is 10.2 Å². The molecule has 0 amide bonds. The zero-order valence-corrected chi connectivity index (χ0v) is 9.69. The summed E-state index contributed by atoms with van der Waals surface area (Å²) in [7, 11) is 0. The molecule has 0 N–H and O–H groups in total. The lowest BCUT2D eigenvalue weighted by Crippen LogP contribution is -1.88. The molecular formula is C10H6FN3S2. The summed E-state index contributed by atoms with van der Waals surface area (Å²) in [5, 5.41) is 16.1. The quantitative estimate of drug-likeness (QED) is 0.787. The van der Waals surface area contributed by atoms with Crippen LogP contribution in [-0.2, 0) is 5.75 Å². The van der Waals surface area contributed by atoms with E-state index >= 15 is 0 Å². The number of thioether (sulfide) groups is 1. The molecule has 6 heteroatoms. The van der Waals surface area contributed by atoms with E-state index in [1.807, 2.05) is 6.07 Å². The van der Waals surface area contributed by atoms with Crippen LogP contribution < -0.4 is 0 Å². The van der Waals surface area contributed by atoms with Crippen molar-refractivity contribution in [2.24, 2.45) is 0 Å². The second kappa shape index (κ2) is 5.05. The Balaban J connectivity index is 2.08. The lowest BCUT2D eigenvalue weighted by atomic mass is 10.1. The molecule has 2 aromatic rings. The topological polar surface area (TPSA) is 49.6 Å². The summed E-state index contributed by atoms with van der Waals surface area (Å²) < 4.78 is 14.3. The summed E-state index contributed by atoms with van der Waals surface area (Å²) in [5.41, 5.74) is 2.54. The first-order valence-electron chi connectivity index (χ1n) is 4.37. The minimum Gasteiger partial charge on any atom is -0.207 e. The second-order valence-corrected chi connectivity index (χ2v) is 4.97.